The fraction of sp³-hybridized carbons (Fsp3) is 0.188. The van der Waals surface area contributed by atoms with Crippen molar-refractivity contribution in [2.75, 3.05) is 0 Å². The molecule has 1 fully saturated rings. The number of para-hydroxylation sites is 1. The number of pyridine rings is 1. The summed E-state index contributed by atoms with van der Waals surface area (Å²) in [6.45, 7) is -0.336. The van der Waals surface area contributed by atoms with Gasteiger partial charge in [0, 0.05) is 40.7 Å². The average molecular weight is 561 g/mol. The van der Waals surface area contributed by atoms with E-state index in [1.54, 1.807) is 22.9 Å². The van der Waals surface area contributed by atoms with Crippen LogP contribution >= 0.6 is 0 Å². The van der Waals surface area contributed by atoms with Crippen LogP contribution in [0.15, 0.2) is 85.2 Å². The van der Waals surface area contributed by atoms with Crippen LogP contribution in [0.25, 0.3) is 27.7 Å². The highest BCUT2D eigenvalue weighted by atomic mass is 19.4. The van der Waals surface area contributed by atoms with E-state index in [9.17, 15) is 13.2 Å². The molecule has 7 rings (SSSR count). The van der Waals surface area contributed by atoms with Gasteiger partial charge in [-0.05, 0) is 71.7 Å². The molecular weight excluding hydrogens is 536 g/mol. The second-order valence-corrected chi connectivity index (χ2v) is 10.2. The fourth-order valence-corrected chi connectivity index (χ4v) is 5.75. The van der Waals surface area contributed by atoms with Crippen molar-refractivity contribution in [1.82, 2.24) is 9.55 Å². The number of alkyl halides is 3. The van der Waals surface area contributed by atoms with Gasteiger partial charge in [-0.25, -0.2) is 9.37 Å². The summed E-state index contributed by atoms with van der Waals surface area (Å²) in [7, 11) is 0. The molecule has 5 nitrogen and oxygen atoms in total. The highest BCUT2D eigenvalue weighted by Crippen LogP contribution is 2.56. The zero-order chi connectivity index (χ0) is 28.7. The summed E-state index contributed by atoms with van der Waals surface area (Å²) < 4.78 is 64.8. The second-order valence-electron chi connectivity index (χ2n) is 10.2. The largest absolute Gasteiger partial charge is 0.483 e. The Kier molecular flexibility index (Phi) is 6.73. The number of rotatable bonds is 5. The van der Waals surface area contributed by atoms with Crippen molar-refractivity contribution in [2.24, 2.45) is 5.92 Å². The number of carbonyl (C=O) groups is 1. The van der Waals surface area contributed by atoms with E-state index in [0.29, 0.717) is 34.2 Å². The molecule has 2 atom stereocenters. The van der Waals surface area contributed by atoms with Gasteiger partial charge in [-0.3, -0.25) is 4.79 Å². The number of benzene rings is 3. The highest BCUT2D eigenvalue weighted by molar-refractivity contribution is 5.98. The summed E-state index contributed by atoms with van der Waals surface area (Å²) in [5.74, 6) is 1.27. The van der Waals surface area contributed by atoms with Crippen molar-refractivity contribution in [1.29, 1.82) is 0 Å². The molecule has 2 aliphatic rings. The van der Waals surface area contributed by atoms with Crippen LogP contribution in [0.3, 0.4) is 0 Å². The summed E-state index contributed by atoms with van der Waals surface area (Å²) in [6.07, 6.45) is 1.20. The fourth-order valence-electron chi connectivity index (χ4n) is 5.75. The van der Waals surface area contributed by atoms with E-state index in [2.05, 4.69) is 4.98 Å². The Labute approximate surface area is 232 Å². The van der Waals surface area contributed by atoms with E-state index in [4.69, 9.17) is 14.6 Å². The second kappa shape index (κ2) is 10.4. The van der Waals surface area contributed by atoms with E-state index < -0.39 is 17.6 Å². The van der Waals surface area contributed by atoms with Gasteiger partial charge >= 0.3 is 6.18 Å². The molecule has 0 spiro atoms. The third kappa shape index (κ3) is 5.03. The third-order valence-electron chi connectivity index (χ3n) is 7.71. The zero-order valence-electron chi connectivity index (χ0n) is 21.6. The number of fused-ring (bicyclic) bond motifs is 4. The molecule has 0 aliphatic heterocycles. The lowest BCUT2D eigenvalue weighted by Crippen LogP contribution is -2.06. The molecule has 208 valence electrons. The van der Waals surface area contributed by atoms with E-state index in [1.165, 1.54) is 35.7 Å². The van der Waals surface area contributed by atoms with Gasteiger partial charge in [-0.15, -0.1) is 0 Å². The van der Waals surface area contributed by atoms with Gasteiger partial charge in [0.1, 0.15) is 12.4 Å². The molecule has 1 saturated carbocycles. The Bertz CT molecular complexity index is 1750. The molecule has 9 heteroatoms. The van der Waals surface area contributed by atoms with E-state index in [-0.39, 0.29) is 24.2 Å². The first kappa shape index (κ1) is 26.6. The van der Waals surface area contributed by atoms with Crippen molar-refractivity contribution in [2.45, 2.75) is 31.5 Å². The van der Waals surface area contributed by atoms with Crippen molar-refractivity contribution < 1.29 is 32.2 Å². The normalized spacial score (nSPS) is 16.9. The zero-order valence-corrected chi connectivity index (χ0v) is 21.6. The van der Waals surface area contributed by atoms with E-state index in [1.807, 2.05) is 42.6 Å². The summed E-state index contributed by atoms with van der Waals surface area (Å²) in [5.41, 5.74) is 3.62. The minimum absolute atomic E-state index is 0.0389. The number of hydrogen-bond acceptors (Lipinski definition) is 3. The van der Waals surface area contributed by atoms with Crippen molar-refractivity contribution in [3.05, 3.63) is 113 Å². The molecule has 1 N–H and O–H groups in total. The van der Waals surface area contributed by atoms with Gasteiger partial charge in [-0.1, -0.05) is 36.4 Å². The maximum absolute atomic E-state index is 15.4. The standard InChI is InChI=1S/C31H22F4N2O.CH2O2/c32-28-14-29-24(12-20(28)17-38-30-13-19-10-18-11-23(18)25(19)15-36-30)26(16-37(29)21-6-2-1-3-7-21)22-8-4-5-9-27(22)31(33,34)35;2-1-3/h1-9,12-16,18,23H,10-11,17H2;1H,(H,2,3). The quantitative estimate of drug-likeness (QED) is 0.176. The van der Waals surface area contributed by atoms with Crippen LogP contribution in [0.5, 0.6) is 5.88 Å². The minimum Gasteiger partial charge on any atom is -0.483 e. The lowest BCUT2D eigenvalue weighted by molar-refractivity contribution is -0.137. The maximum Gasteiger partial charge on any atom is 0.417 e. The number of aromatic nitrogens is 2. The Morgan fingerprint density at radius 1 is 1.02 bits per heavy atom. The summed E-state index contributed by atoms with van der Waals surface area (Å²) >= 11 is 0. The first-order valence-electron chi connectivity index (χ1n) is 13.0. The van der Waals surface area contributed by atoms with Crippen LogP contribution in [0.2, 0.25) is 0 Å². The van der Waals surface area contributed by atoms with Crippen molar-refractivity contribution >= 4 is 17.4 Å². The number of carboxylic acid groups (broad SMARTS) is 1. The number of hydrogen-bond donors (Lipinski definition) is 1. The Hall–Kier alpha value is -4.66. The predicted octanol–water partition coefficient (Wildman–Crippen LogP) is 7.79. The van der Waals surface area contributed by atoms with Gasteiger partial charge in [0.25, 0.3) is 6.47 Å². The topological polar surface area (TPSA) is 64.4 Å². The van der Waals surface area contributed by atoms with Crippen LogP contribution in [0.1, 0.15) is 34.6 Å². The molecule has 0 radical (unpaired) electrons. The first-order chi connectivity index (χ1) is 19.8. The maximum atomic E-state index is 15.4. The summed E-state index contributed by atoms with van der Waals surface area (Å²) in [5, 5.41) is 7.40. The lowest BCUT2D eigenvalue weighted by atomic mass is 9.98. The lowest BCUT2D eigenvalue weighted by Gasteiger charge is -2.13. The van der Waals surface area contributed by atoms with Gasteiger partial charge < -0.3 is 14.4 Å². The molecule has 0 saturated heterocycles. The van der Waals surface area contributed by atoms with Gasteiger partial charge in [0.05, 0.1) is 11.1 Å². The Balaban J connectivity index is 0.000000967. The summed E-state index contributed by atoms with van der Waals surface area (Å²) in [4.78, 5) is 12.8. The van der Waals surface area contributed by atoms with Gasteiger partial charge in [0.15, 0.2) is 0 Å². The molecule has 0 bridgehead atoms. The van der Waals surface area contributed by atoms with Gasteiger partial charge in [0.2, 0.25) is 5.88 Å². The van der Waals surface area contributed by atoms with Crippen molar-refractivity contribution in [3.63, 3.8) is 0 Å². The van der Waals surface area contributed by atoms with E-state index >= 15 is 4.39 Å². The molecule has 3 aromatic carbocycles. The van der Waals surface area contributed by atoms with Crippen LogP contribution in [-0.4, -0.2) is 21.1 Å². The molecule has 0 amide bonds. The number of halogens is 4. The SMILES string of the molecule is Fc1cc2c(cc1COc1cc3c(cn1)C1CC1C3)c(-c1ccccc1C(F)(F)F)cn2-c1ccccc1.O=CO. The molecule has 2 aliphatic carbocycles. The van der Waals surface area contributed by atoms with Crippen LogP contribution < -0.4 is 4.74 Å². The van der Waals surface area contributed by atoms with Crippen LogP contribution in [0, 0.1) is 11.7 Å². The molecule has 2 heterocycles. The van der Waals surface area contributed by atoms with Crippen molar-refractivity contribution in [3.8, 4) is 22.7 Å². The average Bonchev–Trinajstić information content (AvgIpc) is 3.49. The smallest absolute Gasteiger partial charge is 0.417 e. The summed E-state index contributed by atoms with van der Waals surface area (Å²) in [6, 6.07) is 19.5. The first-order valence-corrected chi connectivity index (χ1v) is 13.0. The molecule has 2 aromatic heterocycles. The Morgan fingerprint density at radius 2 is 1.76 bits per heavy atom. The molecular formula is C32H24F4N2O3. The molecule has 2 unspecified atom stereocenters. The predicted molar refractivity (Wildman–Crippen MR) is 145 cm³/mol. The van der Waals surface area contributed by atoms with Crippen LogP contribution in [0.4, 0.5) is 17.6 Å². The molecule has 41 heavy (non-hydrogen) atoms. The monoisotopic (exact) mass is 560 g/mol. The highest BCUT2D eigenvalue weighted by Gasteiger charge is 2.45. The van der Waals surface area contributed by atoms with Crippen LogP contribution in [-0.2, 0) is 24.0 Å². The third-order valence-corrected chi connectivity index (χ3v) is 7.71. The molecule has 5 aromatic rings. The van der Waals surface area contributed by atoms with Gasteiger partial charge in [-0.2, -0.15) is 13.2 Å². The minimum atomic E-state index is -4.54. The number of nitrogens with zero attached hydrogens (tertiary/aromatic N) is 2. The van der Waals surface area contributed by atoms with E-state index in [0.717, 1.165) is 18.2 Å². The Morgan fingerprint density at radius 3 is 2.51 bits per heavy atom. The number of ether oxygens (including phenoxy) is 1.